The molecule has 9 nitrogen and oxygen atoms in total. The van der Waals surface area contributed by atoms with E-state index >= 15 is 0 Å². The summed E-state index contributed by atoms with van der Waals surface area (Å²) in [5, 5.41) is 20.2. The van der Waals surface area contributed by atoms with Crippen LogP contribution in [-0.4, -0.2) is 44.8 Å². The second kappa shape index (κ2) is 7.82. The van der Waals surface area contributed by atoms with Crippen molar-refractivity contribution in [1.29, 1.82) is 0 Å². The molecule has 0 atom stereocenters. The van der Waals surface area contributed by atoms with Crippen molar-refractivity contribution in [2.75, 3.05) is 13.7 Å². The quantitative estimate of drug-likeness (QED) is 0.325. The lowest BCUT2D eigenvalue weighted by Crippen LogP contribution is -2.33. The molecular formula is C17H12N2O7S2. The third-order valence-electron chi connectivity index (χ3n) is 3.73. The van der Waals surface area contributed by atoms with Crippen molar-refractivity contribution < 1.29 is 28.8 Å². The fourth-order valence-corrected chi connectivity index (χ4v) is 3.71. The number of nitrogens with zero attached hydrogens (tertiary/aromatic N) is 2. The maximum absolute atomic E-state index is 12.3. The van der Waals surface area contributed by atoms with Gasteiger partial charge >= 0.3 is 5.97 Å². The monoisotopic (exact) mass is 420 g/mol. The van der Waals surface area contributed by atoms with Gasteiger partial charge in [0.15, 0.2) is 0 Å². The van der Waals surface area contributed by atoms with Gasteiger partial charge in [-0.2, -0.15) is 0 Å². The first-order chi connectivity index (χ1) is 13.3. The van der Waals surface area contributed by atoms with Crippen molar-refractivity contribution in [3.8, 4) is 17.1 Å². The van der Waals surface area contributed by atoms with Gasteiger partial charge in [-0.05, 0) is 24.3 Å². The number of carbonyl (C=O) groups is 2. The Labute approximate surface area is 167 Å². The van der Waals surface area contributed by atoms with E-state index in [1.807, 2.05) is 0 Å². The van der Waals surface area contributed by atoms with Crippen LogP contribution >= 0.6 is 24.0 Å². The van der Waals surface area contributed by atoms with Crippen molar-refractivity contribution in [3.63, 3.8) is 0 Å². The molecule has 2 heterocycles. The van der Waals surface area contributed by atoms with Crippen LogP contribution in [0.5, 0.6) is 5.75 Å². The molecule has 0 saturated carbocycles. The largest absolute Gasteiger partial charge is 0.497 e. The number of thioether (sulfide) groups is 1. The Balaban J connectivity index is 1.91. The predicted octanol–water partition coefficient (Wildman–Crippen LogP) is 3.15. The molecule has 28 heavy (non-hydrogen) atoms. The van der Waals surface area contributed by atoms with E-state index in [1.54, 1.807) is 18.2 Å². The summed E-state index contributed by atoms with van der Waals surface area (Å²) in [6, 6.07) is 7.45. The highest BCUT2D eigenvalue weighted by Gasteiger charge is 2.33. The molecule has 1 aromatic heterocycles. The molecule has 1 N–H and O–H groups in total. The minimum atomic E-state index is -1.18. The summed E-state index contributed by atoms with van der Waals surface area (Å²) >= 11 is 5.98. The normalized spacial score (nSPS) is 15.3. The van der Waals surface area contributed by atoms with Gasteiger partial charge in [0.1, 0.15) is 28.1 Å². The summed E-state index contributed by atoms with van der Waals surface area (Å²) in [7, 11) is 1.41. The maximum atomic E-state index is 12.3. The van der Waals surface area contributed by atoms with E-state index in [0.29, 0.717) is 5.75 Å². The van der Waals surface area contributed by atoms with Crippen LogP contribution in [-0.2, 0) is 9.59 Å². The summed E-state index contributed by atoms with van der Waals surface area (Å²) in [6.45, 7) is -0.524. The lowest BCUT2D eigenvalue weighted by molar-refractivity contribution is -0.384. The number of nitro groups is 1. The van der Waals surface area contributed by atoms with Crippen LogP contribution in [0.1, 0.15) is 5.76 Å². The van der Waals surface area contributed by atoms with Gasteiger partial charge in [0.05, 0.1) is 28.6 Å². The number of aliphatic carboxylic acids is 1. The number of carboxylic acid groups (broad SMARTS) is 1. The van der Waals surface area contributed by atoms with Crippen LogP contribution in [0.15, 0.2) is 39.7 Å². The van der Waals surface area contributed by atoms with Crippen LogP contribution in [0, 0.1) is 10.1 Å². The molecule has 3 rings (SSSR count). The SMILES string of the molecule is COc1ccc(-c2ccc(C=C3SC(=S)N(CC(=O)O)C3=O)o2)c([N+](=O)[O-])c1. The molecule has 0 unspecified atom stereocenters. The minimum Gasteiger partial charge on any atom is -0.497 e. The van der Waals surface area contributed by atoms with Gasteiger partial charge in [-0.15, -0.1) is 0 Å². The van der Waals surface area contributed by atoms with Gasteiger partial charge < -0.3 is 14.3 Å². The summed E-state index contributed by atoms with van der Waals surface area (Å²) in [5.41, 5.74) is 0.0666. The number of carboxylic acids is 1. The Hall–Kier alpha value is -3.18. The summed E-state index contributed by atoms with van der Waals surface area (Å²) in [6.07, 6.45) is 1.42. The van der Waals surface area contributed by atoms with Gasteiger partial charge in [-0.3, -0.25) is 24.6 Å². The smallest absolute Gasteiger partial charge is 0.323 e. The first kappa shape index (κ1) is 19.6. The van der Waals surface area contributed by atoms with Crippen molar-refractivity contribution in [2.24, 2.45) is 0 Å². The van der Waals surface area contributed by atoms with E-state index < -0.39 is 23.3 Å². The fourth-order valence-electron chi connectivity index (χ4n) is 2.47. The number of rotatable bonds is 6. The van der Waals surface area contributed by atoms with Crippen molar-refractivity contribution >= 4 is 51.9 Å². The number of nitro benzene ring substituents is 1. The molecular weight excluding hydrogens is 408 g/mol. The fraction of sp³-hybridized carbons (Fsp3) is 0.118. The molecule has 1 aromatic carbocycles. The highest BCUT2D eigenvalue weighted by Crippen LogP contribution is 2.36. The minimum absolute atomic E-state index is 0.135. The first-order valence-electron chi connectivity index (χ1n) is 7.70. The first-order valence-corrected chi connectivity index (χ1v) is 8.92. The Morgan fingerprint density at radius 3 is 2.82 bits per heavy atom. The number of amides is 1. The Morgan fingerprint density at radius 2 is 2.18 bits per heavy atom. The van der Waals surface area contributed by atoms with Crippen LogP contribution < -0.4 is 4.74 Å². The molecule has 1 saturated heterocycles. The maximum Gasteiger partial charge on any atom is 0.323 e. The van der Waals surface area contributed by atoms with Crippen LogP contribution in [0.2, 0.25) is 0 Å². The van der Waals surface area contributed by atoms with Crippen LogP contribution in [0.25, 0.3) is 17.4 Å². The average molecular weight is 420 g/mol. The lowest BCUT2D eigenvalue weighted by atomic mass is 10.1. The summed E-state index contributed by atoms with van der Waals surface area (Å²) < 4.78 is 10.8. The Morgan fingerprint density at radius 1 is 1.43 bits per heavy atom. The molecule has 11 heteroatoms. The van der Waals surface area contributed by atoms with E-state index in [0.717, 1.165) is 16.7 Å². The highest BCUT2D eigenvalue weighted by molar-refractivity contribution is 8.26. The zero-order valence-corrected chi connectivity index (χ0v) is 15.9. The van der Waals surface area contributed by atoms with E-state index in [1.165, 1.54) is 25.3 Å². The zero-order chi connectivity index (χ0) is 20.4. The topological polar surface area (TPSA) is 123 Å². The zero-order valence-electron chi connectivity index (χ0n) is 14.3. The standard InChI is InChI=1S/C17H12N2O7S2/c1-25-9-2-4-11(12(6-9)19(23)24)13-5-3-10(26-13)7-14-16(22)18(8-15(20)21)17(27)28-14/h2-7H,8H2,1H3,(H,20,21). The molecule has 0 radical (unpaired) electrons. The summed E-state index contributed by atoms with van der Waals surface area (Å²) in [4.78, 5) is 35.1. The highest BCUT2D eigenvalue weighted by atomic mass is 32.2. The molecule has 144 valence electrons. The Bertz CT molecular complexity index is 1030. The number of ether oxygens (including phenoxy) is 1. The molecule has 1 aliphatic heterocycles. The van der Waals surface area contributed by atoms with E-state index in [-0.39, 0.29) is 32.0 Å². The van der Waals surface area contributed by atoms with E-state index in [2.05, 4.69) is 0 Å². The molecule has 1 fully saturated rings. The molecule has 1 aliphatic rings. The number of carbonyl (C=O) groups excluding carboxylic acids is 1. The molecule has 0 spiro atoms. The van der Waals surface area contributed by atoms with E-state index in [4.69, 9.17) is 26.5 Å². The molecule has 0 aliphatic carbocycles. The van der Waals surface area contributed by atoms with Crippen LogP contribution in [0.3, 0.4) is 0 Å². The molecule has 0 bridgehead atoms. The molecule has 1 amide bonds. The van der Waals surface area contributed by atoms with Crippen molar-refractivity contribution in [1.82, 2.24) is 4.90 Å². The van der Waals surface area contributed by atoms with Gasteiger partial charge in [-0.1, -0.05) is 24.0 Å². The third-order valence-corrected chi connectivity index (χ3v) is 5.11. The Kier molecular flexibility index (Phi) is 5.47. The predicted molar refractivity (Wildman–Crippen MR) is 105 cm³/mol. The number of hydrogen-bond donors (Lipinski definition) is 1. The average Bonchev–Trinajstić information content (AvgIpc) is 3.21. The summed E-state index contributed by atoms with van der Waals surface area (Å²) in [5.74, 6) is -0.864. The second-order valence-corrected chi connectivity index (χ2v) is 7.18. The van der Waals surface area contributed by atoms with E-state index in [9.17, 15) is 19.7 Å². The van der Waals surface area contributed by atoms with Gasteiger partial charge in [0.25, 0.3) is 11.6 Å². The van der Waals surface area contributed by atoms with Gasteiger partial charge in [-0.25, -0.2) is 0 Å². The van der Waals surface area contributed by atoms with Gasteiger partial charge in [0, 0.05) is 6.08 Å². The number of methoxy groups -OCH3 is 1. The number of thiocarbonyl (C=S) groups is 1. The lowest BCUT2D eigenvalue weighted by Gasteiger charge is -2.09. The van der Waals surface area contributed by atoms with Gasteiger partial charge in [0.2, 0.25) is 0 Å². The number of hydrogen-bond acceptors (Lipinski definition) is 8. The van der Waals surface area contributed by atoms with Crippen molar-refractivity contribution in [2.45, 2.75) is 0 Å². The number of furan rings is 1. The molecule has 2 aromatic rings. The van der Waals surface area contributed by atoms with Crippen molar-refractivity contribution in [3.05, 3.63) is 51.1 Å². The second-order valence-electron chi connectivity index (χ2n) is 5.50. The van der Waals surface area contributed by atoms with Crippen LogP contribution in [0.4, 0.5) is 5.69 Å². The number of benzene rings is 1. The third kappa shape index (κ3) is 3.89.